The Hall–Kier alpha value is 1.02. The van der Waals surface area contributed by atoms with Gasteiger partial charge in [0, 0.05) is 6.20 Å². The van der Waals surface area contributed by atoms with Gasteiger partial charge < -0.3 is 10.2 Å². The van der Waals surface area contributed by atoms with Crippen molar-refractivity contribution in [3.8, 4) is 0 Å². The van der Waals surface area contributed by atoms with E-state index in [1.807, 2.05) is 0 Å². The number of rotatable bonds is 0. The van der Waals surface area contributed by atoms with Crippen molar-refractivity contribution in [2.45, 2.75) is 26.2 Å². The Morgan fingerprint density at radius 2 is 2.00 bits per heavy atom. The Morgan fingerprint density at radius 1 is 1.40 bits per heavy atom. The molecule has 0 radical (unpaired) electrons. The van der Waals surface area contributed by atoms with E-state index in [1.165, 1.54) is 5.56 Å². The average molecular weight is 209 g/mol. The minimum Gasteiger partial charge on any atom is -0.582 e. The Bertz CT molecular complexity index is 174. The van der Waals surface area contributed by atoms with Crippen LogP contribution in [0.1, 0.15) is 26.3 Å². The first-order valence-corrected chi connectivity index (χ1v) is 3.04. The second kappa shape index (κ2) is 4.14. The van der Waals surface area contributed by atoms with E-state index in [4.69, 9.17) is 0 Å². The maximum atomic E-state index is 3.74. The zero-order valence-corrected chi connectivity index (χ0v) is 12.0. The van der Waals surface area contributed by atoms with E-state index < -0.39 is 0 Å². The van der Waals surface area contributed by atoms with Crippen molar-refractivity contribution in [1.29, 1.82) is 0 Å². The van der Waals surface area contributed by atoms with Gasteiger partial charge in [-0.25, -0.2) is 0 Å². The molecule has 10 heavy (non-hydrogen) atoms. The summed E-state index contributed by atoms with van der Waals surface area (Å²) in [7, 11) is 0. The van der Waals surface area contributed by atoms with Gasteiger partial charge in [-0.3, -0.25) is 0 Å². The second-order valence-corrected chi connectivity index (χ2v) is 3.19. The van der Waals surface area contributed by atoms with E-state index in [9.17, 15) is 0 Å². The number of hydrogen-bond donors (Lipinski definition) is 0. The van der Waals surface area contributed by atoms with E-state index in [-0.39, 0.29) is 63.6 Å². The summed E-state index contributed by atoms with van der Waals surface area (Å²) in [6, 6.07) is 0. The normalized spacial score (nSPS) is 10.7. The van der Waals surface area contributed by atoms with Crippen molar-refractivity contribution >= 4 is 0 Å². The summed E-state index contributed by atoms with van der Waals surface area (Å²) in [5.74, 6) is 0. The molecule has 0 amide bonds. The van der Waals surface area contributed by atoms with Crippen molar-refractivity contribution < 1.29 is 58.2 Å². The number of aromatic nitrogens is 2. The summed E-state index contributed by atoms with van der Waals surface area (Å²) >= 11 is 0. The number of nitrogens with zero attached hydrogens (tertiary/aromatic N) is 2. The molecular formula is C7H11N2Rb. The summed E-state index contributed by atoms with van der Waals surface area (Å²) in [5, 5.41) is 7.48. The van der Waals surface area contributed by atoms with Crippen molar-refractivity contribution in [3.05, 3.63) is 18.0 Å². The van der Waals surface area contributed by atoms with Crippen LogP contribution in [-0.2, 0) is 5.41 Å². The van der Waals surface area contributed by atoms with Gasteiger partial charge in [-0.2, -0.15) is 6.20 Å². The predicted octanol–water partition coefficient (Wildman–Crippen LogP) is -1.66. The zero-order chi connectivity index (χ0) is 6.91. The van der Waals surface area contributed by atoms with Gasteiger partial charge in [0.1, 0.15) is 0 Å². The maximum absolute atomic E-state index is 3.74. The smallest absolute Gasteiger partial charge is 0.582 e. The fourth-order valence-corrected chi connectivity index (χ4v) is 0.612. The van der Waals surface area contributed by atoms with E-state index in [0.717, 1.165) is 0 Å². The quantitative estimate of drug-likeness (QED) is 0.511. The largest absolute Gasteiger partial charge is 1.00 e. The topological polar surface area (TPSA) is 27.0 Å². The molecule has 0 spiro atoms. The molecule has 3 heteroatoms. The maximum Gasteiger partial charge on any atom is 1.00 e. The summed E-state index contributed by atoms with van der Waals surface area (Å²) in [4.78, 5) is 0. The third-order valence-corrected chi connectivity index (χ3v) is 1.33. The molecule has 50 valence electrons. The standard InChI is InChI=1S/C7H11N2.Rb/c1-7(2,3)6-4-8-9-5-6;/h4-5H,1-3H3;/q-1;+1. The Kier molecular flexibility index (Phi) is 4.56. The van der Waals surface area contributed by atoms with Crippen LogP contribution in [-0.4, -0.2) is 5.10 Å². The Morgan fingerprint density at radius 3 is 2.20 bits per heavy atom. The summed E-state index contributed by atoms with van der Waals surface area (Å²) in [6.45, 7) is 6.43. The molecule has 0 atom stereocenters. The van der Waals surface area contributed by atoms with Gasteiger partial charge in [-0.1, -0.05) is 20.8 Å². The van der Waals surface area contributed by atoms with Crippen LogP contribution in [0.2, 0.25) is 0 Å². The second-order valence-electron chi connectivity index (χ2n) is 3.19. The average Bonchev–Trinajstić information content (AvgIpc) is 2.08. The van der Waals surface area contributed by atoms with Gasteiger partial charge >= 0.3 is 58.2 Å². The molecule has 2 nitrogen and oxygen atoms in total. The SMILES string of the molecule is CC(C)(C)c1cn[n-]c1.[Rb+]. The van der Waals surface area contributed by atoms with E-state index in [2.05, 4.69) is 31.0 Å². The minimum atomic E-state index is 0. The molecule has 0 aliphatic rings. The first-order chi connectivity index (χ1) is 4.11. The Labute approximate surface area is 111 Å². The molecule has 1 aromatic heterocycles. The van der Waals surface area contributed by atoms with Crippen LogP contribution in [0.4, 0.5) is 0 Å². The van der Waals surface area contributed by atoms with E-state index in [0.29, 0.717) is 0 Å². The van der Waals surface area contributed by atoms with Crippen molar-refractivity contribution in [1.82, 2.24) is 10.2 Å². The van der Waals surface area contributed by atoms with Crippen molar-refractivity contribution in [2.24, 2.45) is 0 Å². The van der Waals surface area contributed by atoms with E-state index >= 15 is 0 Å². The van der Waals surface area contributed by atoms with Gasteiger partial charge in [0.25, 0.3) is 0 Å². The summed E-state index contributed by atoms with van der Waals surface area (Å²) in [5.41, 5.74) is 1.39. The minimum absolute atomic E-state index is 0. The van der Waals surface area contributed by atoms with Gasteiger partial charge in [-0.05, 0) is 11.0 Å². The first kappa shape index (κ1) is 11.0. The fourth-order valence-electron chi connectivity index (χ4n) is 0.612. The fraction of sp³-hybridized carbons (Fsp3) is 0.571. The molecule has 0 unspecified atom stereocenters. The third-order valence-electron chi connectivity index (χ3n) is 1.33. The summed E-state index contributed by atoms with van der Waals surface area (Å²) < 4.78 is 0. The van der Waals surface area contributed by atoms with Crippen molar-refractivity contribution in [2.75, 3.05) is 0 Å². The van der Waals surface area contributed by atoms with Crippen LogP contribution < -0.4 is 63.3 Å². The van der Waals surface area contributed by atoms with Crippen LogP contribution in [0.3, 0.4) is 0 Å². The van der Waals surface area contributed by atoms with Gasteiger partial charge in [0.15, 0.2) is 0 Å². The molecule has 0 aliphatic heterocycles. The molecule has 0 saturated carbocycles. The molecule has 1 aromatic rings. The molecule has 0 fully saturated rings. The predicted molar refractivity (Wildman–Crippen MR) is 36.3 cm³/mol. The van der Waals surface area contributed by atoms with Gasteiger partial charge in [0.05, 0.1) is 0 Å². The molecule has 0 N–H and O–H groups in total. The van der Waals surface area contributed by atoms with Crippen LogP contribution in [0.5, 0.6) is 0 Å². The zero-order valence-electron chi connectivity index (χ0n) is 7.05. The molecule has 0 bridgehead atoms. The molecule has 1 heterocycles. The molecule has 0 aliphatic carbocycles. The molecular weight excluding hydrogens is 198 g/mol. The monoisotopic (exact) mass is 208 g/mol. The van der Waals surface area contributed by atoms with Crippen LogP contribution in [0.15, 0.2) is 12.4 Å². The van der Waals surface area contributed by atoms with Gasteiger partial charge in [-0.15, -0.1) is 0 Å². The van der Waals surface area contributed by atoms with Crippen molar-refractivity contribution in [3.63, 3.8) is 0 Å². The van der Waals surface area contributed by atoms with Crippen LogP contribution in [0.25, 0.3) is 0 Å². The van der Waals surface area contributed by atoms with Gasteiger partial charge in [0.2, 0.25) is 0 Å². The summed E-state index contributed by atoms with van der Waals surface area (Å²) in [6.07, 6.45) is 3.61. The number of hydrogen-bond acceptors (Lipinski definition) is 1. The Balaban J connectivity index is 0.000000810. The molecule has 1 rings (SSSR count). The molecule has 0 aromatic carbocycles. The van der Waals surface area contributed by atoms with Crippen LogP contribution >= 0.6 is 0 Å². The third kappa shape index (κ3) is 2.95. The van der Waals surface area contributed by atoms with Crippen LogP contribution in [0, 0.1) is 0 Å². The van der Waals surface area contributed by atoms with E-state index in [1.54, 1.807) is 12.4 Å². The first-order valence-electron chi connectivity index (χ1n) is 3.04. The molecule has 0 saturated heterocycles.